The van der Waals surface area contributed by atoms with E-state index in [-0.39, 0.29) is 4.92 Å². The van der Waals surface area contributed by atoms with Gasteiger partial charge in [-0.2, -0.15) is 0 Å². The van der Waals surface area contributed by atoms with E-state index in [1.165, 1.54) is 0 Å². The SMILES string of the molecule is CCCCC/C(=C/C/C=C/C/C=C/C/C=C/CCCCC[C]=O)[N+](=O)[O-]. The summed E-state index contributed by atoms with van der Waals surface area (Å²) >= 11 is 0. The normalized spacial score (nSPS) is 12.6. The zero-order chi connectivity index (χ0) is 19.3. The molecular formula is C22H34NO3. The molecule has 0 spiro atoms. The summed E-state index contributed by atoms with van der Waals surface area (Å²) in [5.41, 5.74) is 0.341. The van der Waals surface area contributed by atoms with E-state index in [2.05, 4.69) is 31.2 Å². The molecule has 0 aliphatic heterocycles. The van der Waals surface area contributed by atoms with Crippen LogP contribution in [0.3, 0.4) is 0 Å². The molecule has 0 aromatic rings. The van der Waals surface area contributed by atoms with Crippen molar-refractivity contribution >= 4 is 6.29 Å². The summed E-state index contributed by atoms with van der Waals surface area (Å²) in [7, 11) is 0. The number of nitro groups is 1. The van der Waals surface area contributed by atoms with Crippen LogP contribution in [0.1, 0.15) is 84.0 Å². The third-order valence-electron chi connectivity index (χ3n) is 3.95. The van der Waals surface area contributed by atoms with Gasteiger partial charge in [-0.05, 0) is 51.0 Å². The Labute approximate surface area is 158 Å². The summed E-state index contributed by atoms with van der Waals surface area (Å²) in [6, 6.07) is 0. The third kappa shape index (κ3) is 16.9. The Balaban J connectivity index is 3.77. The maximum atomic E-state index is 11.0. The minimum absolute atomic E-state index is 0.253. The Morgan fingerprint density at radius 2 is 1.54 bits per heavy atom. The molecule has 1 radical (unpaired) electrons. The monoisotopic (exact) mass is 360 g/mol. The van der Waals surface area contributed by atoms with Gasteiger partial charge in [-0.25, -0.2) is 0 Å². The fourth-order valence-corrected chi connectivity index (χ4v) is 2.42. The molecule has 0 unspecified atom stereocenters. The van der Waals surface area contributed by atoms with Crippen LogP contribution < -0.4 is 0 Å². The number of hydrogen-bond acceptors (Lipinski definition) is 3. The first kappa shape index (κ1) is 24.0. The second kappa shape index (κ2) is 19.4. The molecule has 0 atom stereocenters. The number of carbonyl (C=O) groups excluding carboxylic acids is 1. The topological polar surface area (TPSA) is 60.2 Å². The van der Waals surface area contributed by atoms with Gasteiger partial charge < -0.3 is 0 Å². The summed E-state index contributed by atoms with van der Waals surface area (Å²) in [4.78, 5) is 20.7. The first-order valence-electron chi connectivity index (χ1n) is 9.85. The van der Waals surface area contributed by atoms with Crippen molar-refractivity contribution in [2.75, 3.05) is 0 Å². The van der Waals surface area contributed by atoms with Crippen LogP contribution in [0.5, 0.6) is 0 Å². The molecule has 0 aliphatic rings. The number of hydrogen-bond donors (Lipinski definition) is 0. The Morgan fingerprint density at radius 3 is 2.15 bits per heavy atom. The lowest BCUT2D eigenvalue weighted by Crippen LogP contribution is -1.98. The van der Waals surface area contributed by atoms with Crippen LogP contribution in [0.25, 0.3) is 0 Å². The van der Waals surface area contributed by atoms with E-state index in [1.807, 2.05) is 18.4 Å². The van der Waals surface area contributed by atoms with Crippen LogP contribution in [-0.4, -0.2) is 11.2 Å². The molecule has 4 heteroatoms. The predicted molar refractivity (Wildman–Crippen MR) is 109 cm³/mol. The molecule has 0 aromatic carbocycles. The molecule has 0 aliphatic carbocycles. The smallest absolute Gasteiger partial charge is 0.242 e. The van der Waals surface area contributed by atoms with Gasteiger partial charge in [0.1, 0.15) is 0 Å². The van der Waals surface area contributed by atoms with Gasteiger partial charge in [-0.3, -0.25) is 14.9 Å². The standard InChI is InChI=1S/C22H34NO3/c1-2-3-16-19-22(23(25)26)20-17-14-12-10-8-6-4-5-7-9-11-13-15-18-21-24/h5-8,12,14,20H,2-4,9-11,13,15-19H2,1H3/b7-5+,8-6+,14-12+,22-20-. The van der Waals surface area contributed by atoms with E-state index in [0.29, 0.717) is 25.0 Å². The van der Waals surface area contributed by atoms with E-state index in [0.717, 1.165) is 57.8 Å². The van der Waals surface area contributed by atoms with Crippen molar-refractivity contribution in [1.82, 2.24) is 0 Å². The highest BCUT2D eigenvalue weighted by Gasteiger charge is 2.08. The van der Waals surface area contributed by atoms with Crippen LogP contribution in [0.2, 0.25) is 0 Å². The molecule has 0 fully saturated rings. The molecule has 0 saturated carbocycles. The van der Waals surface area contributed by atoms with Gasteiger partial charge in [0.25, 0.3) is 0 Å². The summed E-state index contributed by atoms with van der Waals surface area (Å²) in [5, 5.41) is 11.0. The molecular weight excluding hydrogens is 326 g/mol. The summed E-state index contributed by atoms with van der Waals surface area (Å²) in [6.45, 7) is 2.10. The van der Waals surface area contributed by atoms with E-state index >= 15 is 0 Å². The molecule has 26 heavy (non-hydrogen) atoms. The van der Waals surface area contributed by atoms with Crippen molar-refractivity contribution in [1.29, 1.82) is 0 Å². The third-order valence-corrected chi connectivity index (χ3v) is 3.95. The van der Waals surface area contributed by atoms with Gasteiger partial charge in [0.15, 0.2) is 6.29 Å². The van der Waals surface area contributed by atoms with Gasteiger partial charge in [0, 0.05) is 12.8 Å². The summed E-state index contributed by atoms with van der Waals surface area (Å²) < 4.78 is 0. The maximum absolute atomic E-state index is 11.0. The van der Waals surface area contributed by atoms with E-state index in [4.69, 9.17) is 0 Å². The van der Waals surface area contributed by atoms with Crippen molar-refractivity contribution in [2.45, 2.75) is 84.0 Å². The van der Waals surface area contributed by atoms with Crippen LogP contribution >= 0.6 is 0 Å². The largest absolute Gasteiger partial charge is 0.291 e. The predicted octanol–water partition coefficient (Wildman–Crippen LogP) is 6.63. The number of unbranched alkanes of at least 4 members (excludes halogenated alkanes) is 6. The van der Waals surface area contributed by atoms with E-state index in [1.54, 1.807) is 6.08 Å². The Morgan fingerprint density at radius 1 is 0.885 bits per heavy atom. The molecule has 0 aromatic heterocycles. The zero-order valence-electron chi connectivity index (χ0n) is 16.2. The molecule has 0 rings (SSSR count). The average Bonchev–Trinajstić information content (AvgIpc) is 2.63. The fraction of sp³-hybridized carbons (Fsp3) is 0.591. The fourth-order valence-electron chi connectivity index (χ4n) is 2.42. The van der Waals surface area contributed by atoms with Gasteiger partial charge in [-0.15, -0.1) is 0 Å². The highest BCUT2D eigenvalue weighted by Crippen LogP contribution is 2.10. The lowest BCUT2D eigenvalue weighted by atomic mass is 10.1. The van der Waals surface area contributed by atoms with Crippen LogP contribution in [0.15, 0.2) is 48.2 Å². The molecule has 0 bridgehead atoms. The maximum Gasteiger partial charge on any atom is 0.242 e. The minimum atomic E-state index is -0.253. The van der Waals surface area contributed by atoms with Crippen molar-refractivity contribution in [3.8, 4) is 0 Å². The van der Waals surface area contributed by atoms with Crippen molar-refractivity contribution in [2.24, 2.45) is 0 Å². The Bertz CT molecular complexity index is 476. The molecule has 0 N–H and O–H groups in total. The number of nitrogens with zero attached hydrogens (tertiary/aromatic N) is 1. The molecule has 4 nitrogen and oxygen atoms in total. The summed E-state index contributed by atoms with van der Waals surface area (Å²) in [5.74, 6) is 0. The van der Waals surface area contributed by atoms with E-state index in [9.17, 15) is 14.9 Å². The molecule has 0 heterocycles. The van der Waals surface area contributed by atoms with Crippen LogP contribution in [0.4, 0.5) is 0 Å². The van der Waals surface area contributed by atoms with E-state index < -0.39 is 0 Å². The van der Waals surface area contributed by atoms with Crippen LogP contribution in [0, 0.1) is 10.1 Å². The molecule has 145 valence electrons. The first-order valence-corrected chi connectivity index (χ1v) is 9.85. The first-order chi connectivity index (χ1) is 12.7. The number of rotatable bonds is 17. The lowest BCUT2D eigenvalue weighted by Gasteiger charge is -1.97. The van der Waals surface area contributed by atoms with Gasteiger partial charge in [0.2, 0.25) is 5.70 Å². The highest BCUT2D eigenvalue weighted by molar-refractivity contribution is 5.50. The zero-order valence-corrected chi connectivity index (χ0v) is 16.2. The van der Waals surface area contributed by atoms with Crippen molar-refractivity contribution in [3.05, 3.63) is 58.3 Å². The second-order valence-corrected chi connectivity index (χ2v) is 6.27. The molecule has 0 saturated heterocycles. The van der Waals surface area contributed by atoms with Crippen molar-refractivity contribution < 1.29 is 9.72 Å². The van der Waals surface area contributed by atoms with Crippen LogP contribution in [-0.2, 0) is 4.79 Å². The highest BCUT2D eigenvalue weighted by atomic mass is 16.6. The quantitative estimate of drug-likeness (QED) is 0.127. The minimum Gasteiger partial charge on any atom is -0.291 e. The van der Waals surface area contributed by atoms with Gasteiger partial charge >= 0.3 is 0 Å². The van der Waals surface area contributed by atoms with Crippen molar-refractivity contribution in [3.63, 3.8) is 0 Å². The summed E-state index contributed by atoms with van der Waals surface area (Å²) in [6.07, 6.45) is 27.0. The van der Waals surface area contributed by atoms with Gasteiger partial charge in [-0.1, -0.05) is 62.6 Å². The Kier molecular flexibility index (Phi) is 17.9. The van der Waals surface area contributed by atoms with Gasteiger partial charge in [0.05, 0.1) is 4.92 Å². The Hall–Kier alpha value is -1.97. The average molecular weight is 361 g/mol. The molecule has 0 amide bonds. The lowest BCUT2D eigenvalue weighted by molar-refractivity contribution is -0.428. The second-order valence-electron chi connectivity index (χ2n) is 6.27. The number of allylic oxidation sites excluding steroid dienone is 8.